The Labute approximate surface area is 88.0 Å². The summed E-state index contributed by atoms with van der Waals surface area (Å²) in [6, 6.07) is 2.32. The lowest BCUT2D eigenvalue weighted by Crippen LogP contribution is -2.04. The van der Waals surface area contributed by atoms with Gasteiger partial charge in [0.2, 0.25) is 0 Å². The van der Waals surface area contributed by atoms with Gasteiger partial charge in [0.15, 0.2) is 5.75 Å². The van der Waals surface area contributed by atoms with Gasteiger partial charge in [-0.2, -0.15) is 10.2 Å². The maximum absolute atomic E-state index is 9.12. The number of aromatic hydroxyl groups is 1. The molecule has 1 N–H and O–H groups in total. The molecule has 15 heavy (non-hydrogen) atoms. The second kappa shape index (κ2) is 3.76. The van der Waals surface area contributed by atoms with Crippen molar-refractivity contribution in [3.05, 3.63) is 30.4 Å². The topological polar surface area (TPSA) is 55.9 Å². The molecule has 2 rings (SSSR count). The van der Waals surface area contributed by atoms with Crippen molar-refractivity contribution in [3.8, 4) is 5.75 Å². The lowest BCUT2D eigenvalue weighted by atomic mass is 10.4. The summed E-state index contributed by atoms with van der Waals surface area (Å²) in [7, 11) is 0. The summed E-state index contributed by atoms with van der Waals surface area (Å²) < 4.78 is 3.56. The van der Waals surface area contributed by atoms with Crippen LogP contribution < -0.4 is 0 Å². The Hall–Kier alpha value is -1.78. The average molecular weight is 206 g/mol. The molecule has 2 heterocycles. The Balaban J connectivity index is 2.11. The van der Waals surface area contributed by atoms with E-state index in [1.165, 1.54) is 6.20 Å². The third-order valence-electron chi connectivity index (χ3n) is 2.14. The van der Waals surface area contributed by atoms with Gasteiger partial charge in [-0.1, -0.05) is 0 Å². The normalized spacial score (nSPS) is 11.1. The molecule has 2 aromatic heterocycles. The molecule has 0 unspecified atom stereocenters. The van der Waals surface area contributed by atoms with E-state index in [0.717, 1.165) is 5.69 Å². The maximum Gasteiger partial charge on any atom is 0.153 e. The van der Waals surface area contributed by atoms with E-state index >= 15 is 0 Å². The molecule has 0 bridgehead atoms. The van der Waals surface area contributed by atoms with E-state index in [2.05, 4.69) is 24.0 Å². The van der Waals surface area contributed by atoms with Crippen molar-refractivity contribution in [3.63, 3.8) is 0 Å². The second-order valence-corrected chi connectivity index (χ2v) is 3.78. The van der Waals surface area contributed by atoms with Crippen molar-refractivity contribution < 1.29 is 5.11 Å². The van der Waals surface area contributed by atoms with Crippen LogP contribution in [0.15, 0.2) is 24.7 Å². The highest BCUT2D eigenvalue weighted by molar-refractivity contribution is 5.10. The zero-order chi connectivity index (χ0) is 10.8. The van der Waals surface area contributed by atoms with Crippen LogP contribution in [-0.4, -0.2) is 24.7 Å². The first kappa shape index (κ1) is 9.76. The Morgan fingerprint density at radius 2 is 2.27 bits per heavy atom. The van der Waals surface area contributed by atoms with E-state index in [-0.39, 0.29) is 5.75 Å². The van der Waals surface area contributed by atoms with Crippen LogP contribution in [0.5, 0.6) is 5.75 Å². The molecule has 0 fully saturated rings. The molecule has 0 aliphatic carbocycles. The Morgan fingerprint density at radius 3 is 2.80 bits per heavy atom. The van der Waals surface area contributed by atoms with Gasteiger partial charge in [-0.05, 0) is 19.9 Å². The van der Waals surface area contributed by atoms with E-state index in [1.54, 1.807) is 10.9 Å². The van der Waals surface area contributed by atoms with Gasteiger partial charge in [-0.25, -0.2) is 0 Å². The Kier molecular flexibility index (Phi) is 2.45. The predicted octanol–water partition coefficient (Wildman–Crippen LogP) is 1.41. The third-order valence-corrected chi connectivity index (χ3v) is 2.14. The SMILES string of the molecule is CC(C)n1ccc(Cn2cc(O)cn2)n1. The van der Waals surface area contributed by atoms with Crippen LogP contribution in [0.4, 0.5) is 0 Å². The molecule has 0 amide bonds. The lowest BCUT2D eigenvalue weighted by molar-refractivity contribution is 0.473. The van der Waals surface area contributed by atoms with Crippen molar-refractivity contribution in [2.24, 2.45) is 0 Å². The average Bonchev–Trinajstić information content (AvgIpc) is 2.76. The second-order valence-electron chi connectivity index (χ2n) is 3.78. The molecule has 5 nitrogen and oxygen atoms in total. The summed E-state index contributed by atoms with van der Waals surface area (Å²) in [6.07, 6.45) is 4.94. The largest absolute Gasteiger partial charge is 0.505 e. The van der Waals surface area contributed by atoms with Crippen LogP contribution in [0.2, 0.25) is 0 Å². The van der Waals surface area contributed by atoms with Crippen molar-refractivity contribution in [1.82, 2.24) is 19.6 Å². The first-order valence-corrected chi connectivity index (χ1v) is 4.90. The van der Waals surface area contributed by atoms with Gasteiger partial charge in [0.25, 0.3) is 0 Å². The van der Waals surface area contributed by atoms with E-state index < -0.39 is 0 Å². The molecule has 0 aliphatic heterocycles. The van der Waals surface area contributed by atoms with Gasteiger partial charge < -0.3 is 5.11 Å². The minimum Gasteiger partial charge on any atom is -0.505 e. The fraction of sp³-hybridized carbons (Fsp3) is 0.400. The standard InChI is InChI=1S/C10H14N4O/c1-8(2)14-4-3-9(12-14)6-13-7-10(15)5-11-13/h3-5,7-8,15H,6H2,1-2H3. The van der Waals surface area contributed by atoms with Gasteiger partial charge >= 0.3 is 0 Å². The summed E-state index contributed by atoms with van der Waals surface area (Å²) >= 11 is 0. The highest BCUT2D eigenvalue weighted by Gasteiger charge is 2.03. The first-order valence-electron chi connectivity index (χ1n) is 4.90. The molecule has 0 atom stereocenters. The predicted molar refractivity (Wildman–Crippen MR) is 55.6 cm³/mol. The summed E-state index contributed by atoms with van der Waals surface area (Å²) in [5, 5.41) is 17.5. The third kappa shape index (κ3) is 2.18. The molecule has 0 aromatic carbocycles. The first-order chi connectivity index (χ1) is 7.15. The van der Waals surface area contributed by atoms with Gasteiger partial charge in [0.1, 0.15) is 0 Å². The zero-order valence-corrected chi connectivity index (χ0v) is 8.83. The van der Waals surface area contributed by atoms with E-state index in [4.69, 9.17) is 5.11 Å². The minimum atomic E-state index is 0.179. The summed E-state index contributed by atoms with van der Waals surface area (Å²) in [5.74, 6) is 0.179. The highest BCUT2D eigenvalue weighted by atomic mass is 16.3. The van der Waals surface area contributed by atoms with Crippen molar-refractivity contribution in [2.45, 2.75) is 26.4 Å². The summed E-state index contributed by atoms with van der Waals surface area (Å²) in [6.45, 7) is 4.74. The minimum absolute atomic E-state index is 0.179. The van der Waals surface area contributed by atoms with Crippen molar-refractivity contribution in [2.75, 3.05) is 0 Å². The summed E-state index contributed by atoms with van der Waals surface area (Å²) in [4.78, 5) is 0. The molecular weight excluding hydrogens is 192 g/mol. The maximum atomic E-state index is 9.12. The van der Waals surface area contributed by atoms with Gasteiger partial charge in [0, 0.05) is 12.2 Å². The lowest BCUT2D eigenvalue weighted by Gasteiger charge is -2.03. The fourth-order valence-corrected chi connectivity index (χ4v) is 1.35. The molecular formula is C10H14N4O. The fourth-order valence-electron chi connectivity index (χ4n) is 1.35. The van der Waals surface area contributed by atoms with Gasteiger partial charge in [-0.3, -0.25) is 9.36 Å². The van der Waals surface area contributed by atoms with Crippen molar-refractivity contribution >= 4 is 0 Å². The van der Waals surface area contributed by atoms with Crippen LogP contribution in [0.25, 0.3) is 0 Å². The number of nitrogens with zero attached hydrogens (tertiary/aromatic N) is 4. The van der Waals surface area contributed by atoms with Crippen LogP contribution in [0.3, 0.4) is 0 Å². The molecule has 0 aliphatic rings. The summed E-state index contributed by atoms with van der Waals surface area (Å²) in [5.41, 5.74) is 0.937. The Morgan fingerprint density at radius 1 is 1.47 bits per heavy atom. The van der Waals surface area contributed by atoms with Crippen LogP contribution in [0.1, 0.15) is 25.6 Å². The molecule has 0 spiro atoms. The van der Waals surface area contributed by atoms with Crippen LogP contribution in [-0.2, 0) is 6.54 Å². The smallest absolute Gasteiger partial charge is 0.153 e. The van der Waals surface area contributed by atoms with E-state index in [0.29, 0.717) is 12.6 Å². The van der Waals surface area contributed by atoms with E-state index in [9.17, 15) is 0 Å². The molecule has 0 saturated heterocycles. The van der Waals surface area contributed by atoms with E-state index in [1.807, 2.05) is 16.9 Å². The number of aromatic nitrogens is 4. The van der Waals surface area contributed by atoms with Gasteiger partial charge in [0.05, 0.1) is 24.6 Å². The van der Waals surface area contributed by atoms with Crippen LogP contribution in [0, 0.1) is 0 Å². The zero-order valence-electron chi connectivity index (χ0n) is 8.83. The number of hydrogen-bond donors (Lipinski definition) is 1. The quantitative estimate of drug-likeness (QED) is 0.826. The van der Waals surface area contributed by atoms with Crippen LogP contribution >= 0.6 is 0 Å². The highest BCUT2D eigenvalue weighted by Crippen LogP contribution is 2.08. The molecule has 0 saturated carbocycles. The molecule has 0 radical (unpaired) electrons. The number of rotatable bonds is 3. The van der Waals surface area contributed by atoms with Gasteiger partial charge in [-0.15, -0.1) is 0 Å². The van der Waals surface area contributed by atoms with Crippen molar-refractivity contribution in [1.29, 1.82) is 0 Å². The molecule has 2 aromatic rings. The number of hydrogen-bond acceptors (Lipinski definition) is 3. The molecule has 5 heteroatoms. The molecule has 80 valence electrons. The Bertz CT molecular complexity index is 444. The monoisotopic (exact) mass is 206 g/mol.